The first-order valence-corrected chi connectivity index (χ1v) is 9.37. The lowest BCUT2D eigenvalue weighted by molar-refractivity contribution is -0.125. The van der Waals surface area contributed by atoms with Crippen LogP contribution in [-0.2, 0) is 21.2 Å². The van der Waals surface area contributed by atoms with Crippen LogP contribution in [0.25, 0.3) is 0 Å². The predicted molar refractivity (Wildman–Crippen MR) is 86.9 cm³/mol. The summed E-state index contributed by atoms with van der Waals surface area (Å²) in [7, 11) is -1.68. The van der Waals surface area contributed by atoms with Gasteiger partial charge >= 0.3 is 0 Å². The molecule has 1 atom stereocenters. The summed E-state index contributed by atoms with van der Waals surface area (Å²) in [5, 5.41) is 2.61. The molecule has 1 aromatic rings. The van der Waals surface area contributed by atoms with Crippen molar-refractivity contribution in [2.45, 2.75) is 25.7 Å². The summed E-state index contributed by atoms with van der Waals surface area (Å²) in [4.78, 5) is 11.7. The van der Waals surface area contributed by atoms with E-state index in [4.69, 9.17) is 0 Å². The van der Waals surface area contributed by atoms with Crippen molar-refractivity contribution in [2.24, 2.45) is 5.92 Å². The molecule has 0 radical (unpaired) electrons. The summed E-state index contributed by atoms with van der Waals surface area (Å²) in [6, 6.07) is 9.89. The summed E-state index contributed by atoms with van der Waals surface area (Å²) in [6.07, 6.45) is 2.87. The Kier molecular flexibility index (Phi) is 5.97. The molecule has 5 nitrogen and oxygen atoms in total. The van der Waals surface area contributed by atoms with Gasteiger partial charge in [-0.1, -0.05) is 30.3 Å². The maximum absolute atomic E-state index is 12.4. The Hall–Kier alpha value is -1.40. The average molecular weight is 324 g/mol. The summed E-state index contributed by atoms with van der Waals surface area (Å²) < 4.78 is 26.3. The van der Waals surface area contributed by atoms with Crippen molar-refractivity contribution >= 4 is 15.9 Å². The normalized spacial score (nSPS) is 19.8. The zero-order valence-electron chi connectivity index (χ0n) is 13.0. The second-order valence-corrected chi connectivity index (χ2v) is 7.81. The van der Waals surface area contributed by atoms with E-state index in [-0.39, 0.29) is 17.6 Å². The van der Waals surface area contributed by atoms with Crippen LogP contribution in [0.4, 0.5) is 0 Å². The highest BCUT2D eigenvalue weighted by molar-refractivity contribution is 7.89. The SMILES string of the molecule is CNC(=O)[C@@H]1CCCN(S(=O)(=O)CCCc2ccccc2)C1. The second kappa shape index (κ2) is 7.74. The number of carbonyl (C=O) groups is 1. The van der Waals surface area contributed by atoms with Gasteiger partial charge in [-0.25, -0.2) is 12.7 Å². The summed E-state index contributed by atoms with van der Waals surface area (Å²) >= 11 is 0. The minimum atomic E-state index is -3.27. The molecule has 0 spiro atoms. The van der Waals surface area contributed by atoms with E-state index in [1.807, 2.05) is 30.3 Å². The molecular formula is C16H24N2O3S. The molecule has 122 valence electrons. The maximum Gasteiger partial charge on any atom is 0.224 e. The number of nitrogens with one attached hydrogen (secondary N) is 1. The molecule has 22 heavy (non-hydrogen) atoms. The first-order valence-electron chi connectivity index (χ1n) is 7.76. The molecule has 1 aliphatic rings. The highest BCUT2D eigenvalue weighted by Gasteiger charge is 2.31. The Labute approximate surface area is 132 Å². The Morgan fingerprint density at radius 2 is 2.05 bits per heavy atom. The van der Waals surface area contributed by atoms with Crippen molar-refractivity contribution in [1.29, 1.82) is 0 Å². The standard InChI is InChI=1S/C16H24N2O3S/c1-17-16(19)15-10-5-11-18(13-15)22(20,21)12-6-9-14-7-3-2-4-8-14/h2-4,7-8,15H,5-6,9-13H2,1H3,(H,17,19)/t15-/m1/s1. The van der Waals surface area contributed by atoms with Crippen LogP contribution in [-0.4, -0.2) is 44.5 Å². The maximum atomic E-state index is 12.4. The predicted octanol–water partition coefficient (Wildman–Crippen LogP) is 1.41. The molecule has 0 bridgehead atoms. The van der Waals surface area contributed by atoms with Crippen LogP contribution >= 0.6 is 0 Å². The number of nitrogens with zero attached hydrogens (tertiary/aromatic N) is 1. The molecule has 1 saturated heterocycles. The molecule has 0 aliphatic carbocycles. The van der Waals surface area contributed by atoms with Gasteiger partial charge in [0.1, 0.15) is 0 Å². The molecule has 1 fully saturated rings. The van der Waals surface area contributed by atoms with Gasteiger partial charge in [0.2, 0.25) is 15.9 Å². The summed E-state index contributed by atoms with van der Waals surface area (Å²) in [5.74, 6) is -0.144. The van der Waals surface area contributed by atoms with Gasteiger partial charge in [0.25, 0.3) is 0 Å². The van der Waals surface area contributed by atoms with E-state index in [0.717, 1.165) is 24.8 Å². The fraction of sp³-hybridized carbons (Fsp3) is 0.562. The fourth-order valence-electron chi connectivity index (χ4n) is 2.85. The molecule has 1 heterocycles. The number of rotatable bonds is 6. The van der Waals surface area contributed by atoms with Crippen LogP contribution in [0.5, 0.6) is 0 Å². The van der Waals surface area contributed by atoms with Crippen molar-refractivity contribution < 1.29 is 13.2 Å². The van der Waals surface area contributed by atoms with Gasteiger partial charge in [0, 0.05) is 20.1 Å². The molecule has 0 unspecified atom stereocenters. The number of benzene rings is 1. The van der Waals surface area contributed by atoms with Crippen LogP contribution in [0.15, 0.2) is 30.3 Å². The van der Waals surface area contributed by atoms with Crippen molar-refractivity contribution in [3.63, 3.8) is 0 Å². The van der Waals surface area contributed by atoms with Gasteiger partial charge < -0.3 is 5.32 Å². The molecular weight excluding hydrogens is 300 g/mol. The van der Waals surface area contributed by atoms with Crippen LogP contribution in [0.1, 0.15) is 24.8 Å². The van der Waals surface area contributed by atoms with Gasteiger partial charge in [-0.05, 0) is 31.2 Å². The second-order valence-electron chi connectivity index (χ2n) is 5.72. The van der Waals surface area contributed by atoms with E-state index in [0.29, 0.717) is 19.5 Å². The Bertz CT molecular complexity index is 587. The van der Waals surface area contributed by atoms with Crippen molar-refractivity contribution in [1.82, 2.24) is 9.62 Å². The smallest absolute Gasteiger partial charge is 0.224 e. The van der Waals surface area contributed by atoms with Crippen LogP contribution < -0.4 is 5.32 Å². The first-order chi connectivity index (χ1) is 10.5. The zero-order valence-corrected chi connectivity index (χ0v) is 13.8. The molecule has 0 saturated carbocycles. The Morgan fingerprint density at radius 3 is 2.73 bits per heavy atom. The largest absolute Gasteiger partial charge is 0.359 e. The number of carbonyl (C=O) groups excluding carboxylic acids is 1. The van der Waals surface area contributed by atoms with Crippen molar-refractivity contribution in [3.05, 3.63) is 35.9 Å². The van der Waals surface area contributed by atoms with Crippen LogP contribution in [0.3, 0.4) is 0 Å². The average Bonchev–Trinajstić information content (AvgIpc) is 2.55. The number of sulfonamides is 1. The molecule has 1 aliphatic heterocycles. The lowest BCUT2D eigenvalue weighted by Gasteiger charge is -2.31. The number of hydrogen-bond donors (Lipinski definition) is 1. The monoisotopic (exact) mass is 324 g/mol. The topological polar surface area (TPSA) is 66.5 Å². The quantitative estimate of drug-likeness (QED) is 0.860. The minimum Gasteiger partial charge on any atom is -0.359 e. The van der Waals surface area contributed by atoms with E-state index in [2.05, 4.69) is 5.32 Å². The number of aryl methyl sites for hydroxylation is 1. The van der Waals surface area contributed by atoms with E-state index in [1.165, 1.54) is 4.31 Å². The van der Waals surface area contributed by atoms with Crippen molar-refractivity contribution in [2.75, 3.05) is 25.9 Å². The molecule has 1 amide bonds. The fourth-order valence-corrected chi connectivity index (χ4v) is 4.43. The van der Waals surface area contributed by atoms with Gasteiger partial charge in [0.15, 0.2) is 0 Å². The van der Waals surface area contributed by atoms with Gasteiger partial charge in [-0.15, -0.1) is 0 Å². The molecule has 2 rings (SSSR count). The third kappa shape index (κ3) is 4.55. The minimum absolute atomic E-state index is 0.0656. The van der Waals surface area contributed by atoms with Gasteiger partial charge in [-0.3, -0.25) is 4.79 Å². The van der Waals surface area contributed by atoms with Crippen LogP contribution in [0.2, 0.25) is 0 Å². The number of hydrogen-bond acceptors (Lipinski definition) is 3. The lowest BCUT2D eigenvalue weighted by atomic mass is 9.99. The highest BCUT2D eigenvalue weighted by atomic mass is 32.2. The van der Waals surface area contributed by atoms with Gasteiger partial charge in [-0.2, -0.15) is 0 Å². The summed E-state index contributed by atoms with van der Waals surface area (Å²) in [6.45, 7) is 0.842. The molecule has 0 aromatic heterocycles. The van der Waals surface area contributed by atoms with Crippen molar-refractivity contribution in [3.8, 4) is 0 Å². The van der Waals surface area contributed by atoms with E-state index < -0.39 is 10.0 Å². The Balaban J connectivity index is 1.88. The highest BCUT2D eigenvalue weighted by Crippen LogP contribution is 2.20. The third-order valence-electron chi connectivity index (χ3n) is 4.11. The van der Waals surface area contributed by atoms with E-state index >= 15 is 0 Å². The zero-order chi connectivity index (χ0) is 16.0. The summed E-state index contributed by atoms with van der Waals surface area (Å²) in [5.41, 5.74) is 1.15. The van der Waals surface area contributed by atoms with E-state index in [9.17, 15) is 13.2 Å². The molecule has 6 heteroatoms. The Morgan fingerprint density at radius 1 is 1.32 bits per heavy atom. The molecule has 1 N–H and O–H groups in total. The van der Waals surface area contributed by atoms with E-state index in [1.54, 1.807) is 7.05 Å². The lowest BCUT2D eigenvalue weighted by Crippen LogP contribution is -2.45. The van der Waals surface area contributed by atoms with Gasteiger partial charge in [0.05, 0.1) is 11.7 Å². The molecule has 1 aromatic carbocycles. The number of amides is 1. The first kappa shape index (κ1) is 17.0. The third-order valence-corrected chi connectivity index (χ3v) is 6.03. The number of piperidine rings is 1. The van der Waals surface area contributed by atoms with Crippen LogP contribution in [0, 0.1) is 5.92 Å².